The lowest BCUT2D eigenvalue weighted by atomic mass is 10.1. The van der Waals surface area contributed by atoms with E-state index < -0.39 is 5.54 Å². The fourth-order valence-electron chi connectivity index (χ4n) is 1.74. The molecule has 0 saturated carbocycles. The number of hydrogen-bond donors (Lipinski definition) is 1. The number of nitrogens with zero attached hydrogens (tertiary/aromatic N) is 2. The Kier molecular flexibility index (Phi) is 4.35. The largest absolute Gasteiger partial charge is 0.378 e. The van der Waals surface area contributed by atoms with Gasteiger partial charge < -0.3 is 15.5 Å². The first kappa shape index (κ1) is 14.5. The molecule has 0 aliphatic carbocycles. The summed E-state index contributed by atoms with van der Waals surface area (Å²) >= 11 is 0. The lowest BCUT2D eigenvalue weighted by Gasteiger charge is -2.26. The lowest BCUT2D eigenvalue weighted by molar-refractivity contribution is -0.134. The standard InChI is InChI=1S/C14H23N3O/c1-14(2,15)13(18)17(5)10-11-6-8-12(9-7-11)16(3)4/h6-9H,10,15H2,1-5H3. The van der Waals surface area contributed by atoms with Crippen LogP contribution in [-0.2, 0) is 11.3 Å². The van der Waals surface area contributed by atoms with E-state index in [1.165, 1.54) is 0 Å². The van der Waals surface area contributed by atoms with E-state index in [2.05, 4.69) is 0 Å². The van der Waals surface area contributed by atoms with Gasteiger partial charge in [0.1, 0.15) is 0 Å². The highest BCUT2D eigenvalue weighted by Crippen LogP contribution is 2.14. The molecule has 0 radical (unpaired) electrons. The molecule has 0 spiro atoms. The van der Waals surface area contributed by atoms with Crippen molar-refractivity contribution in [2.75, 3.05) is 26.0 Å². The molecule has 0 bridgehead atoms. The summed E-state index contributed by atoms with van der Waals surface area (Å²) in [5.41, 5.74) is 7.22. The van der Waals surface area contributed by atoms with E-state index in [1.54, 1.807) is 25.8 Å². The zero-order valence-corrected chi connectivity index (χ0v) is 11.9. The Bertz CT molecular complexity index is 404. The fraction of sp³-hybridized carbons (Fsp3) is 0.500. The molecule has 1 aromatic rings. The van der Waals surface area contributed by atoms with E-state index in [0.717, 1.165) is 11.3 Å². The summed E-state index contributed by atoms with van der Waals surface area (Å²) in [5, 5.41) is 0. The topological polar surface area (TPSA) is 49.6 Å². The predicted molar refractivity (Wildman–Crippen MR) is 75.5 cm³/mol. The summed E-state index contributed by atoms with van der Waals surface area (Å²) in [4.78, 5) is 15.6. The molecule has 0 fully saturated rings. The maximum Gasteiger partial charge on any atom is 0.242 e. The van der Waals surface area contributed by atoms with E-state index in [0.29, 0.717) is 6.54 Å². The Morgan fingerprint density at radius 1 is 1.17 bits per heavy atom. The van der Waals surface area contributed by atoms with Crippen molar-refractivity contribution in [3.8, 4) is 0 Å². The van der Waals surface area contributed by atoms with Crippen LogP contribution in [0.15, 0.2) is 24.3 Å². The predicted octanol–water partition coefficient (Wildman–Crippen LogP) is 1.45. The van der Waals surface area contributed by atoms with Crippen LogP contribution in [0.3, 0.4) is 0 Å². The van der Waals surface area contributed by atoms with E-state index in [4.69, 9.17) is 5.73 Å². The van der Waals surface area contributed by atoms with Crippen molar-refractivity contribution >= 4 is 11.6 Å². The minimum Gasteiger partial charge on any atom is -0.378 e. The number of rotatable bonds is 4. The summed E-state index contributed by atoms with van der Waals surface area (Å²) in [6, 6.07) is 8.15. The summed E-state index contributed by atoms with van der Waals surface area (Å²) < 4.78 is 0. The highest BCUT2D eigenvalue weighted by atomic mass is 16.2. The molecule has 4 nitrogen and oxygen atoms in total. The Balaban J connectivity index is 2.71. The molecule has 1 amide bonds. The number of nitrogens with two attached hydrogens (primary N) is 1. The molecule has 0 aromatic heterocycles. The van der Waals surface area contributed by atoms with E-state index >= 15 is 0 Å². The monoisotopic (exact) mass is 249 g/mol. The van der Waals surface area contributed by atoms with E-state index in [9.17, 15) is 4.79 Å². The summed E-state index contributed by atoms with van der Waals surface area (Å²) in [7, 11) is 5.78. The highest BCUT2D eigenvalue weighted by Gasteiger charge is 2.25. The third-order valence-corrected chi connectivity index (χ3v) is 2.77. The van der Waals surface area contributed by atoms with Crippen molar-refractivity contribution in [3.63, 3.8) is 0 Å². The molecule has 2 N–H and O–H groups in total. The smallest absolute Gasteiger partial charge is 0.242 e. The van der Waals surface area contributed by atoms with Crippen LogP contribution in [0.25, 0.3) is 0 Å². The van der Waals surface area contributed by atoms with Crippen molar-refractivity contribution in [3.05, 3.63) is 29.8 Å². The molecule has 0 aliphatic heterocycles. The minimum atomic E-state index is -0.821. The summed E-state index contributed by atoms with van der Waals surface area (Å²) in [5.74, 6) is -0.0563. The van der Waals surface area contributed by atoms with Gasteiger partial charge in [0.15, 0.2) is 0 Å². The lowest BCUT2D eigenvalue weighted by Crippen LogP contribution is -2.49. The second kappa shape index (κ2) is 5.40. The first-order valence-electron chi connectivity index (χ1n) is 6.02. The number of hydrogen-bond acceptors (Lipinski definition) is 3. The van der Waals surface area contributed by atoms with Gasteiger partial charge in [-0.3, -0.25) is 4.79 Å². The summed E-state index contributed by atoms with van der Waals surface area (Å²) in [6.07, 6.45) is 0. The first-order valence-corrected chi connectivity index (χ1v) is 6.02. The molecule has 0 aliphatic rings. The molecule has 0 unspecified atom stereocenters. The molecular weight excluding hydrogens is 226 g/mol. The van der Waals surface area contributed by atoms with Crippen LogP contribution >= 0.6 is 0 Å². The summed E-state index contributed by atoms with van der Waals surface area (Å²) in [6.45, 7) is 4.02. The van der Waals surface area contributed by atoms with Crippen LogP contribution in [0.4, 0.5) is 5.69 Å². The van der Waals surface area contributed by atoms with E-state index in [1.807, 2.05) is 43.3 Å². The highest BCUT2D eigenvalue weighted by molar-refractivity contribution is 5.84. The quantitative estimate of drug-likeness (QED) is 0.878. The van der Waals surface area contributed by atoms with E-state index in [-0.39, 0.29) is 5.91 Å². The van der Waals surface area contributed by atoms with Crippen molar-refractivity contribution in [2.24, 2.45) is 5.73 Å². The van der Waals surface area contributed by atoms with Crippen molar-refractivity contribution in [1.82, 2.24) is 4.90 Å². The number of benzene rings is 1. The van der Waals surface area contributed by atoms with Gasteiger partial charge in [0, 0.05) is 33.4 Å². The average Bonchev–Trinajstić information content (AvgIpc) is 2.27. The van der Waals surface area contributed by atoms with Crippen molar-refractivity contribution < 1.29 is 4.79 Å². The maximum atomic E-state index is 11.9. The average molecular weight is 249 g/mol. The Labute approximate surface area is 109 Å². The first-order chi connectivity index (χ1) is 8.21. The molecule has 4 heteroatoms. The fourth-order valence-corrected chi connectivity index (χ4v) is 1.74. The number of amides is 1. The van der Waals surface area contributed by atoms with Gasteiger partial charge in [-0.15, -0.1) is 0 Å². The zero-order chi connectivity index (χ0) is 13.9. The van der Waals surface area contributed by atoms with Gasteiger partial charge in [-0.25, -0.2) is 0 Å². The molecule has 0 heterocycles. The third kappa shape index (κ3) is 3.74. The molecule has 1 rings (SSSR count). The van der Waals surface area contributed by atoms with Gasteiger partial charge in [0.25, 0.3) is 0 Å². The Morgan fingerprint density at radius 2 is 1.67 bits per heavy atom. The molecule has 0 atom stereocenters. The maximum absolute atomic E-state index is 11.9. The molecule has 0 saturated heterocycles. The SMILES string of the molecule is CN(Cc1ccc(N(C)C)cc1)C(=O)C(C)(C)N. The molecular formula is C14H23N3O. The van der Waals surface area contributed by atoms with Crippen LogP contribution < -0.4 is 10.6 Å². The van der Waals surface area contributed by atoms with Crippen LogP contribution in [0, 0.1) is 0 Å². The van der Waals surface area contributed by atoms with Crippen LogP contribution in [0.1, 0.15) is 19.4 Å². The Morgan fingerprint density at radius 3 is 2.06 bits per heavy atom. The third-order valence-electron chi connectivity index (χ3n) is 2.77. The van der Waals surface area contributed by atoms with Crippen molar-refractivity contribution in [1.29, 1.82) is 0 Å². The molecule has 1 aromatic carbocycles. The number of carbonyl (C=O) groups is 1. The van der Waals surface area contributed by atoms with Crippen LogP contribution in [-0.4, -0.2) is 37.5 Å². The Hall–Kier alpha value is -1.55. The zero-order valence-electron chi connectivity index (χ0n) is 11.9. The van der Waals surface area contributed by atoms with Gasteiger partial charge in [0.2, 0.25) is 5.91 Å². The van der Waals surface area contributed by atoms with Crippen molar-refractivity contribution in [2.45, 2.75) is 25.9 Å². The minimum absolute atomic E-state index is 0.0563. The van der Waals surface area contributed by atoms with Gasteiger partial charge in [-0.1, -0.05) is 12.1 Å². The molecule has 100 valence electrons. The van der Waals surface area contributed by atoms with Gasteiger partial charge >= 0.3 is 0 Å². The normalized spacial score (nSPS) is 11.2. The number of likely N-dealkylation sites (N-methyl/N-ethyl adjacent to an activating group) is 1. The van der Waals surface area contributed by atoms with Gasteiger partial charge in [-0.05, 0) is 31.5 Å². The molecule has 18 heavy (non-hydrogen) atoms. The van der Waals surface area contributed by atoms with Gasteiger partial charge in [-0.2, -0.15) is 0 Å². The number of carbonyl (C=O) groups excluding carboxylic acids is 1. The van der Waals surface area contributed by atoms with Crippen LogP contribution in [0.5, 0.6) is 0 Å². The van der Waals surface area contributed by atoms with Gasteiger partial charge in [0.05, 0.1) is 5.54 Å². The second-order valence-electron chi connectivity index (χ2n) is 5.44. The second-order valence-corrected chi connectivity index (χ2v) is 5.44. The van der Waals surface area contributed by atoms with Crippen LogP contribution in [0.2, 0.25) is 0 Å². The number of anilines is 1.